The molecule has 0 aromatic heterocycles. The third-order valence-corrected chi connectivity index (χ3v) is 23.8. The van der Waals surface area contributed by atoms with E-state index in [1.165, 1.54) is 13.1 Å². The Morgan fingerprint density at radius 1 is 0.857 bits per heavy atom. The lowest BCUT2D eigenvalue weighted by Gasteiger charge is -2.77. The van der Waals surface area contributed by atoms with Crippen molar-refractivity contribution in [3.05, 3.63) is 11.6 Å². The van der Waals surface area contributed by atoms with Crippen LogP contribution in [-0.2, 0) is 38.4 Å². The van der Waals surface area contributed by atoms with E-state index >= 15 is 4.79 Å². The van der Waals surface area contributed by atoms with Gasteiger partial charge in [-0.2, -0.15) is 4.89 Å². The molecule has 7 rings (SSSR count). The van der Waals surface area contributed by atoms with Gasteiger partial charge >= 0.3 is 11.9 Å². The highest BCUT2D eigenvalue weighted by Crippen LogP contribution is 2.86. The van der Waals surface area contributed by atoms with Gasteiger partial charge in [-0.05, 0) is 123 Å². The average Bonchev–Trinajstić information content (AvgIpc) is 1.37. The standard InChI is InChI=1S/C61H101IN2O20/c1-33-51(82-53-50(77)47(74)36(67)31-80-53)49(76)48(75)37(81-33)20-19-35(66)46(73)45(64-43(70)17-15-13-11-9-10-12-14-16-18-44(71)72)38(30-65)83-84-54(78)60(26-25-55(2,3)4)42(69)29-59(8)34(52(60)62)27-56(5)28-40-57(6)23-22-41(68)58(7,32-63-79)39(57)21-24-61(40,56)59/h27,32-33,35-42,45-53,65-69,73-77,79H,9-26,28-31H2,1-8H3,(H,64,70)(H,71,72)/b63-32+/t33?,35?,36-,37+,38?,39?,40?,41+,42+,45+,46?,47?,48?,49?,50?,51+,52?,53+,56?,57?,58?,59?,60+,61?/m1/s1. The average molecular weight is 1310 g/mol. The monoisotopic (exact) mass is 1310 g/mol. The number of unbranched alkanes of at least 4 members (excludes halogenated alkanes) is 7. The highest BCUT2D eigenvalue weighted by Gasteiger charge is 2.81. The molecule has 2 heterocycles. The fourth-order valence-corrected chi connectivity index (χ4v) is 18.9. The number of aliphatic carboxylic acids is 1. The lowest BCUT2D eigenvalue weighted by Crippen LogP contribution is -2.73. The number of oxime groups is 1. The predicted molar refractivity (Wildman–Crippen MR) is 313 cm³/mol. The molecule has 84 heavy (non-hydrogen) atoms. The lowest BCUT2D eigenvalue weighted by molar-refractivity contribution is -0.323. The molecule has 0 aromatic rings. The SMILES string of the molecule is CC1O[C@@H](CCC(O)C(O)[C@@H](NC(=O)CCCCCCCCCCC(=O)O)C(CO)OOC(=O)[C@]2(CCC(C)(C)C)C(I)C3=CC4(C)CC5C6(C)CC[C@H](O)C(C)(/C=N/O)C6CCC54C3(C)C[C@@H]2O)C(O)C(O)[C@H]1O[C@@H]1OC[C@@H](O)C(O)C1O. The van der Waals surface area contributed by atoms with E-state index in [0.29, 0.717) is 32.1 Å². The summed E-state index contributed by atoms with van der Waals surface area (Å²) in [6.07, 6.45) is -5.55. The number of carboxylic acid groups (broad SMARTS) is 1. The molecular formula is C61H101IN2O20. The third-order valence-electron chi connectivity index (χ3n) is 22.0. The number of hydrogen-bond donors (Lipinski definition) is 13. The first kappa shape index (κ1) is 69.3. The Bertz CT molecular complexity index is 2310. The molecule has 4 saturated carbocycles. The minimum absolute atomic E-state index is 0.00872. The van der Waals surface area contributed by atoms with E-state index in [2.05, 4.69) is 59.9 Å². The van der Waals surface area contributed by atoms with Crippen LogP contribution in [0.1, 0.15) is 184 Å². The molecule has 5 aliphatic carbocycles. The highest BCUT2D eigenvalue weighted by atomic mass is 127. The molecule has 6 fully saturated rings. The zero-order valence-corrected chi connectivity index (χ0v) is 52.7. The van der Waals surface area contributed by atoms with Crippen molar-refractivity contribution in [2.24, 2.45) is 54.9 Å². The molecule has 2 saturated heterocycles. The smallest absolute Gasteiger partial charge is 0.352 e. The summed E-state index contributed by atoms with van der Waals surface area (Å²) in [6.45, 7) is 15.2. The third kappa shape index (κ3) is 13.2. The Kier molecular flexibility index (Phi) is 22.7. The maximum atomic E-state index is 15.3. The van der Waals surface area contributed by atoms with Crippen LogP contribution < -0.4 is 5.32 Å². The van der Waals surface area contributed by atoms with Crippen LogP contribution in [0.4, 0.5) is 0 Å². The predicted octanol–water partition coefficient (Wildman–Crippen LogP) is 4.50. The van der Waals surface area contributed by atoms with Crippen molar-refractivity contribution < 1.29 is 99.7 Å². The quantitative estimate of drug-likeness (QED) is 0.00786. The number of ether oxygens (including phenoxy) is 3. The molecule has 1 spiro atoms. The zero-order chi connectivity index (χ0) is 62.1. The number of carbonyl (C=O) groups excluding carboxylic acids is 2. The number of allylic oxidation sites excluding steroid dienone is 2. The summed E-state index contributed by atoms with van der Waals surface area (Å²) in [6, 6.07) is -1.60. The first-order valence-electron chi connectivity index (χ1n) is 30.9. The van der Waals surface area contributed by atoms with Gasteiger partial charge < -0.3 is 80.9 Å². The molecule has 7 aliphatic rings. The number of nitrogens with one attached hydrogen (secondary N) is 1. The fraction of sp³-hybridized carbons (Fsp3) is 0.902. The summed E-state index contributed by atoms with van der Waals surface area (Å²) in [5.41, 5.74) is -2.93. The Morgan fingerprint density at radius 3 is 2.12 bits per heavy atom. The number of alkyl halides is 1. The summed E-state index contributed by atoms with van der Waals surface area (Å²) in [7, 11) is 0. The molecule has 1 amide bonds. The number of hydrogen-bond acceptors (Lipinski definition) is 20. The Hall–Kier alpha value is -2.21. The number of rotatable bonds is 27. The van der Waals surface area contributed by atoms with Crippen LogP contribution in [0.3, 0.4) is 0 Å². The van der Waals surface area contributed by atoms with E-state index in [-0.39, 0.29) is 78.6 Å². The fourth-order valence-electron chi connectivity index (χ4n) is 17.1. The van der Waals surface area contributed by atoms with Gasteiger partial charge in [0, 0.05) is 18.3 Å². The van der Waals surface area contributed by atoms with Gasteiger partial charge in [-0.3, -0.25) is 14.5 Å². The number of halogens is 1. The van der Waals surface area contributed by atoms with Crippen molar-refractivity contribution in [3.63, 3.8) is 0 Å². The summed E-state index contributed by atoms with van der Waals surface area (Å²) < 4.78 is 16.5. The van der Waals surface area contributed by atoms with Crippen LogP contribution in [-0.4, -0.2) is 194 Å². The minimum Gasteiger partial charge on any atom is -0.481 e. The van der Waals surface area contributed by atoms with Crippen LogP contribution in [0.25, 0.3) is 0 Å². The summed E-state index contributed by atoms with van der Waals surface area (Å²) in [5, 5.41) is 137. The number of aliphatic hydroxyl groups is 10. The maximum Gasteiger partial charge on any atom is 0.352 e. The number of fused-ring (bicyclic) bond motifs is 3. The van der Waals surface area contributed by atoms with Crippen LogP contribution in [0, 0.1) is 49.7 Å². The van der Waals surface area contributed by atoms with Gasteiger partial charge in [0.25, 0.3) is 0 Å². The number of amides is 1. The minimum atomic E-state index is -1.89. The van der Waals surface area contributed by atoms with Gasteiger partial charge in [-0.1, -0.05) is 121 Å². The van der Waals surface area contributed by atoms with Crippen molar-refractivity contribution in [1.82, 2.24) is 5.32 Å². The largest absolute Gasteiger partial charge is 0.481 e. The van der Waals surface area contributed by atoms with Crippen molar-refractivity contribution in [1.29, 1.82) is 0 Å². The molecule has 0 aromatic carbocycles. The van der Waals surface area contributed by atoms with E-state index in [4.69, 9.17) is 29.1 Å². The second-order valence-corrected chi connectivity index (χ2v) is 29.6. The summed E-state index contributed by atoms with van der Waals surface area (Å²) in [5.74, 6) is -2.04. The molecule has 0 radical (unpaired) electrons. The second-order valence-electron chi connectivity index (χ2n) is 28.4. The van der Waals surface area contributed by atoms with E-state index in [0.717, 1.165) is 63.4 Å². The zero-order valence-electron chi connectivity index (χ0n) is 50.6. The van der Waals surface area contributed by atoms with Gasteiger partial charge in [0.2, 0.25) is 5.91 Å². The molecule has 13 N–H and O–H groups in total. The van der Waals surface area contributed by atoms with Crippen LogP contribution in [0.2, 0.25) is 0 Å². The maximum absolute atomic E-state index is 15.3. The normalized spacial score (nSPS) is 42.5. The Balaban J connectivity index is 1.08. The van der Waals surface area contributed by atoms with Crippen molar-refractivity contribution in [2.45, 2.75) is 279 Å². The van der Waals surface area contributed by atoms with Gasteiger partial charge in [0.15, 0.2) is 12.4 Å². The molecule has 2 aliphatic heterocycles. The van der Waals surface area contributed by atoms with Crippen LogP contribution in [0.5, 0.6) is 0 Å². The topological polar surface area (TPSA) is 365 Å². The number of nitrogens with zero attached hydrogens (tertiary/aromatic N) is 1. The Labute approximate surface area is 508 Å². The molecular weight excluding hydrogens is 1210 g/mol. The van der Waals surface area contributed by atoms with E-state index in [1.54, 1.807) is 0 Å². The lowest BCUT2D eigenvalue weighted by atomic mass is 9.27. The number of carboxylic acids is 1. The number of carbonyl (C=O) groups is 3. The first-order valence-corrected chi connectivity index (χ1v) is 32.2. The van der Waals surface area contributed by atoms with Gasteiger partial charge in [0.05, 0.1) is 59.9 Å². The summed E-state index contributed by atoms with van der Waals surface area (Å²) in [4.78, 5) is 51.7. The van der Waals surface area contributed by atoms with E-state index in [1.807, 2.05) is 27.7 Å². The molecule has 24 atom stereocenters. The van der Waals surface area contributed by atoms with Crippen LogP contribution in [0.15, 0.2) is 16.8 Å². The van der Waals surface area contributed by atoms with Crippen LogP contribution >= 0.6 is 22.6 Å². The van der Waals surface area contributed by atoms with E-state index < -0.39 is 136 Å². The van der Waals surface area contributed by atoms with Gasteiger partial charge in [0.1, 0.15) is 48.1 Å². The first-order chi connectivity index (χ1) is 39.3. The Morgan fingerprint density at radius 2 is 1.50 bits per heavy atom. The molecule has 23 heteroatoms. The molecule has 16 unspecified atom stereocenters. The molecule has 482 valence electrons. The molecule has 0 bridgehead atoms. The van der Waals surface area contributed by atoms with Crippen molar-refractivity contribution in [2.75, 3.05) is 13.2 Å². The molecule has 22 nitrogen and oxygen atoms in total. The number of aliphatic hydroxyl groups excluding tert-OH is 10. The van der Waals surface area contributed by atoms with E-state index in [9.17, 15) is 65.9 Å². The highest BCUT2D eigenvalue weighted by molar-refractivity contribution is 14.1. The summed E-state index contributed by atoms with van der Waals surface area (Å²) >= 11 is 2.30. The second kappa shape index (κ2) is 27.5. The van der Waals surface area contributed by atoms with Crippen molar-refractivity contribution in [3.8, 4) is 0 Å². The van der Waals surface area contributed by atoms with Gasteiger partial charge in [-0.15, -0.1) is 5.16 Å². The van der Waals surface area contributed by atoms with Crippen molar-refractivity contribution >= 4 is 46.7 Å². The van der Waals surface area contributed by atoms with Gasteiger partial charge in [-0.25, -0.2) is 4.79 Å².